The van der Waals surface area contributed by atoms with Gasteiger partial charge in [0.2, 0.25) is 5.91 Å². The van der Waals surface area contributed by atoms with E-state index in [-0.39, 0.29) is 5.91 Å². The van der Waals surface area contributed by atoms with Gasteiger partial charge in [0.1, 0.15) is 0 Å². The SMILES string of the molecule is C[C@@H]1CCCCN1CC(=O)n1c2ccccc2c2ccccc21. The maximum absolute atomic E-state index is 13.1. The molecule has 23 heavy (non-hydrogen) atoms. The molecule has 0 amide bonds. The summed E-state index contributed by atoms with van der Waals surface area (Å²) in [6, 6.07) is 16.9. The minimum Gasteiger partial charge on any atom is -0.292 e. The lowest BCUT2D eigenvalue weighted by molar-refractivity contribution is 0.0789. The molecule has 3 nitrogen and oxygen atoms in total. The van der Waals surface area contributed by atoms with Gasteiger partial charge in [-0.2, -0.15) is 0 Å². The van der Waals surface area contributed by atoms with Crippen LogP contribution in [0.25, 0.3) is 21.8 Å². The molecule has 1 atom stereocenters. The zero-order valence-electron chi connectivity index (χ0n) is 13.5. The zero-order chi connectivity index (χ0) is 15.8. The highest BCUT2D eigenvalue weighted by Gasteiger charge is 2.23. The van der Waals surface area contributed by atoms with Gasteiger partial charge in [0.15, 0.2) is 0 Å². The number of carbonyl (C=O) groups excluding carboxylic acids is 1. The molecule has 0 N–H and O–H groups in total. The Morgan fingerprint density at radius 2 is 1.61 bits per heavy atom. The van der Waals surface area contributed by atoms with Crippen molar-refractivity contribution >= 4 is 27.7 Å². The summed E-state index contributed by atoms with van der Waals surface area (Å²) >= 11 is 0. The number of fused-ring (bicyclic) bond motifs is 3. The number of aromatic nitrogens is 1. The molecule has 118 valence electrons. The largest absolute Gasteiger partial charge is 0.292 e. The first-order valence-electron chi connectivity index (χ1n) is 8.51. The van der Waals surface area contributed by atoms with Crippen LogP contribution < -0.4 is 0 Å². The second-order valence-corrected chi connectivity index (χ2v) is 6.58. The lowest BCUT2D eigenvalue weighted by Gasteiger charge is -2.32. The van der Waals surface area contributed by atoms with Crippen molar-refractivity contribution in [1.29, 1.82) is 0 Å². The van der Waals surface area contributed by atoms with E-state index >= 15 is 0 Å². The third kappa shape index (κ3) is 2.45. The number of nitrogens with zero attached hydrogens (tertiary/aromatic N) is 2. The Morgan fingerprint density at radius 1 is 1.00 bits per heavy atom. The number of para-hydroxylation sites is 2. The summed E-state index contributed by atoms with van der Waals surface area (Å²) in [5, 5.41) is 2.31. The lowest BCUT2D eigenvalue weighted by atomic mass is 10.0. The van der Waals surface area contributed by atoms with Crippen LogP contribution in [0, 0.1) is 0 Å². The smallest absolute Gasteiger partial charge is 0.245 e. The fraction of sp³-hybridized carbons (Fsp3) is 0.350. The van der Waals surface area contributed by atoms with Gasteiger partial charge in [0.25, 0.3) is 0 Å². The van der Waals surface area contributed by atoms with Gasteiger partial charge in [-0.3, -0.25) is 14.3 Å². The van der Waals surface area contributed by atoms with Crippen LogP contribution in [0.1, 0.15) is 31.0 Å². The van der Waals surface area contributed by atoms with Crippen molar-refractivity contribution in [2.75, 3.05) is 13.1 Å². The van der Waals surface area contributed by atoms with Crippen LogP contribution in [0.2, 0.25) is 0 Å². The number of carbonyl (C=O) groups is 1. The van der Waals surface area contributed by atoms with Crippen LogP contribution in [0.5, 0.6) is 0 Å². The predicted molar refractivity (Wildman–Crippen MR) is 95.0 cm³/mol. The zero-order valence-corrected chi connectivity index (χ0v) is 13.5. The third-order valence-corrected chi connectivity index (χ3v) is 5.11. The summed E-state index contributed by atoms with van der Waals surface area (Å²) in [5.74, 6) is 0.177. The molecule has 4 rings (SSSR count). The highest BCUT2D eigenvalue weighted by molar-refractivity contribution is 6.13. The highest BCUT2D eigenvalue weighted by atomic mass is 16.2. The van der Waals surface area contributed by atoms with E-state index in [2.05, 4.69) is 24.0 Å². The Labute approximate surface area is 136 Å². The summed E-state index contributed by atoms with van der Waals surface area (Å²) in [6.45, 7) is 3.77. The number of rotatable bonds is 2. The Hall–Kier alpha value is -2.13. The molecule has 0 spiro atoms. The normalized spacial score (nSPS) is 19.4. The second kappa shape index (κ2) is 5.82. The van der Waals surface area contributed by atoms with Crippen molar-refractivity contribution in [3.8, 4) is 0 Å². The maximum atomic E-state index is 13.1. The molecule has 0 saturated carbocycles. The first-order valence-corrected chi connectivity index (χ1v) is 8.51. The molecular formula is C20H22N2O. The minimum atomic E-state index is 0.177. The molecule has 3 aromatic rings. The topological polar surface area (TPSA) is 25.2 Å². The van der Waals surface area contributed by atoms with Crippen molar-refractivity contribution in [3.63, 3.8) is 0 Å². The summed E-state index contributed by atoms with van der Waals surface area (Å²) in [7, 11) is 0. The molecule has 2 heterocycles. The quantitative estimate of drug-likeness (QED) is 0.705. The first-order chi connectivity index (χ1) is 11.3. The van der Waals surface area contributed by atoms with Crippen molar-refractivity contribution in [1.82, 2.24) is 9.47 Å². The molecule has 0 unspecified atom stereocenters. The van der Waals surface area contributed by atoms with Gasteiger partial charge in [-0.15, -0.1) is 0 Å². The molecule has 3 heteroatoms. The Bertz CT molecular complexity index is 811. The molecule has 1 fully saturated rings. The summed E-state index contributed by atoms with van der Waals surface area (Å²) in [5.41, 5.74) is 2.03. The molecule has 0 radical (unpaired) electrons. The van der Waals surface area contributed by atoms with Crippen LogP contribution >= 0.6 is 0 Å². The standard InChI is InChI=1S/C20H22N2O/c1-15-8-6-7-13-21(15)14-20(23)22-18-11-4-2-9-16(18)17-10-3-5-12-19(17)22/h2-5,9-12,15H,6-8,13-14H2,1H3/t15-/m1/s1. The van der Waals surface area contributed by atoms with E-state index in [9.17, 15) is 4.79 Å². The molecular weight excluding hydrogens is 284 g/mol. The van der Waals surface area contributed by atoms with E-state index in [0.29, 0.717) is 12.6 Å². The van der Waals surface area contributed by atoms with E-state index in [0.717, 1.165) is 28.4 Å². The van der Waals surface area contributed by atoms with Gasteiger partial charge in [0.05, 0.1) is 17.6 Å². The Balaban J connectivity index is 1.79. The predicted octanol–water partition coefficient (Wildman–Crippen LogP) is 4.31. The number of benzene rings is 2. The summed E-state index contributed by atoms with van der Waals surface area (Å²) in [6.07, 6.45) is 3.67. The molecule has 2 aromatic carbocycles. The average Bonchev–Trinajstić information content (AvgIpc) is 2.91. The third-order valence-electron chi connectivity index (χ3n) is 5.11. The van der Waals surface area contributed by atoms with Gasteiger partial charge in [-0.1, -0.05) is 42.8 Å². The van der Waals surface area contributed by atoms with Crippen molar-refractivity contribution in [2.24, 2.45) is 0 Å². The summed E-state index contributed by atoms with van der Waals surface area (Å²) < 4.78 is 1.91. The van der Waals surface area contributed by atoms with Crippen LogP contribution in [-0.2, 0) is 0 Å². The number of hydrogen-bond acceptors (Lipinski definition) is 2. The van der Waals surface area contributed by atoms with Crippen LogP contribution in [0.3, 0.4) is 0 Å². The number of likely N-dealkylation sites (tertiary alicyclic amines) is 1. The van der Waals surface area contributed by atoms with E-state index < -0.39 is 0 Å². The lowest BCUT2D eigenvalue weighted by Crippen LogP contribution is -2.42. The second-order valence-electron chi connectivity index (χ2n) is 6.58. The maximum Gasteiger partial charge on any atom is 0.245 e. The minimum absolute atomic E-state index is 0.177. The molecule has 1 aromatic heterocycles. The summed E-state index contributed by atoms with van der Waals surface area (Å²) in [4.78, 5) is 15.4. The monoisotopic (exact) mass is 306 g/mol. The van der Waals surface area contributed by atoms with E-state index in [1.165, 1.54) is 19.3 Å². The fourth-order valence-corrected chi connectivity index (χ4v) is 3.83. The Morgan fingerprint density at radius 3 is 2.22 bits per heavy atom. The molecule has 0 aliphatic carbocycles. The number of piperidine rings is 1. The molecule has 1 aliphatic heterocycles. The molecule has 1 aliphatic rings. The van der Waals surface area contributed by atoms with Gasteiger partial charge in [-0.25, -0.2) is 0 Å². The van der Waals surface area contributed by atoms with E-state index in [1.807, 2.05) is 41.0 Å². The van der Waals surface area contributed by atoms with E-state index in [4.69, 9.17) is 0 Å². The van der Waals surface area contributed by atoms with Gasteiger partial charge in [0, 0.05) is 16.8 Å². The van der Waals surface area contributed by atoms with Crippen molar-refractivity contribution in [2.45, 2.75) is 32.2 Å². The molecule has 0 bridgehead atoms. The number of hydrogen-bond donors (Lipinski definition) is 0. The van der Waals surface area contributed by atoms with Gasteiger partial charge < -0.3 is 0 Å². The Kier molecular flexibility index (Phi) is 3.66. The van der Waals surface area contributed by atoms with Crippen molar-refractivity contribution in [3.05, 3.63) is 48.5 Å². The van der Waals surface area contributed by atoms with Crippen LogP contribution in [-0.4, -0.2) is 34.5 Å². The van der Waals surface area contributed by atoms with Crippen molar-refractivity contribution < 1.29 is 4.79 Å². The van der Waals surface area contributed by atoms with Gasteiger partial charge in [-0.05, 0) is 38.4 Å². The average molecular weight is 306 g/mol. The fourth-order valence-electron chi connectivity index (χ4n) is 3.83. The highest BCUT2D eigenvalue weighted by Crippen LogP contribution is 2.29. The van der Waals surface area contributed by atoms with Crippen LogP contribution in [0.15, 0.2) is 48.5 Å². The molecule has 1 saturated heterocycles. The first kappa shape index (κ1) is 14.5. The van der Waals surface area contributed by atoms with Crippen LogP contribution in [0.4, 0.5) is 0 Å². The van der Waals surface area contributed by atoms with Gasteiger partial charge >= 0.3 is 0 Å². The van der Waals surface area contributed by atoms with E-state index in [1.54, 1.807) is 0 Å².